The summed E-state index contributed by atoms with van der Waals surface area (Å²) in [6.45, 7) is 1.71. The van der Waals surface area contributed by atoms with E-state index in [4.69, 9.17) is 12.2 Å². The molecule has 0 aliphatic heterocycles. The Labute approximate surface area is 77.8 Å². The summed E-state index contributed by atoms with van der Waals surface area (Å²) in [5.41, 5.74) is 7.09. The van der Waals surface area contributed by atoms with Gasteiger partial charge in [0.15, 0.2) is 0 Å². The molecule has 1 nitrogen and oxygen atoms in total. The van der Waals surface area contributed by atoms with Gasteiger partial charge in [-0.1, -0.05) is 12.1 Å². The van der Waals surface area contributed by atoms with Crippen LogP contribution in [0.4, 0.5) is 4.39 Å². The SMILES string of the molecule is C#CCC(N)c1ccc(C)c(F)c1. The average Bonchev–Trinajstić information content (AvgIpc) is 2.10. The van der Waals surface area contributed by atoms with Crippen LogP contribution in [0.25, 0.3) is 0 Å². The maximum absolute atomic E-state index is 13.1. The van der Waals surface area contributed by atoms with Crippen molar-refractivity contribution < 1.29 is 4.39 Å². The first kappa shape index (κ1) is 9.76. The van der Waals surface area contributed by atoms with Crippen molar-refractivity contribution in [2.75, 3.05) is 0 Å². The first-order valence-electron chi connectivity index (χ1n) is 4.10. The lowest BCUT2D eigenvalue weighted by molar-refractivity contribution is 0.611. The van der Waals surface area contributed by atoms with Crippen molar-refractivity contribution in [3.05, 3.63) is 35.1 Å². The van der Waals surface area contributed by atoms with E-state index in [2.05, 4.69) is 5.92 Å². The molecular formula is C11H12FN. The van der Waals surface area contributed by atoms with Gasteiger partial charge in [-0.05, 0) is 24.1 Å². The lowest BCUT2D eigenvalue weighted by atomic mass is 10.0. The van der Waals surface area contributed by atoms with Gasteiger partial charge in [-0.25, -0.2) is 4.39 Å². The number of benzene rings is 1. The van der Waals surface area contributed by atoms with Crippen molar-refractivity contribution in [1.29, 1.82) is 0 Å². The molecule has 1 aromatic rings. The molecule has 0 aliphatic carbocycles. The van der Waals surface area contributed by atoms with Crippen LogP contribution in [0.5, 0.6) is 0 Å². The molecule has 1 unspecified atom stereocenters. The minimum atomic E-state index is -0.264. The van der Waals surface area contributed by atoms with Crippen LogP contribution >= 0.6 is 0 Å². The molecule has 1 rings (SSSR count). The summed E-state index contributed by atoms with van der Waals surface area (Å²) >= 11 is 0. The lowest BCUT2D eigenvalue weighted by Gasteiger charge is -2.08. The number of nitrogens with two attached hydrogens (primary N) is 1. The van der Waals surface area contributed by atoms with Crippen molar-refractivity contribution in [3.8, 4) is 12.3 Å². The van der Waals surface area contributed by atoms with Gasteiger partial charge < -0.3 is 5.73 Å². The van der Waals surface area contributed by atoms with Gasteiger partial charge in [0.25, 0.3) is 0 Å². The van der Waals surface area contributed by atoms with Crippen LogP contribution in [0.1, 0.15) is 23.6 Å². The Morgan fingerprint density at radius 2 is 2.31 bits per heavy atom. The second-order valence-electron chi connectivity index (χ2n) is 3.02. The van der Waals surface area contributed by atoms with Gasteiger partial charge in [0, 0.05) is 12.5 Å². The predicted octanol–water partition coefficient (Wildman–Crippen LogP) is 2.16. The molecule has 13 heavy (non-hydrogen) atoms. The molecule has 0 aromatic heterocycles. The molecule has 0 saturated heterocycles. The Morgan fingerprint density at radius 3 is 2.85 bits per heavy atom. The number of hydrogen-bond donors (Lipinski definition) is 1. The number of aryl methyl sites for hydroxylation is 1. The minimum absolute atomic E-state index is 0.232. The highest BCUT2D eigenvalue weighted by Gasteiger charge is 2.06. The summed E-state index contributed by atoms with van der Waals surface area (Å²) < 4.78 is 13.1. The molecule has 0 heterocycles. The molecule has 0 aliphatic rings. The molecule has 2 heteroatoms. The monoisotopic (exact) mass is 177 g/mol. The quantitative estimate of drug-likeness (QED) is 0.688. The molecule has 68 valence electrons. The highest BCUT2D eigenvalue weighted by Crippen LogP contribution is 2.16. The molecule has 1 atom stereocenters. The van der Waals surface area contributed by atoms with E-state index in [1.807, 2.05) is 0 Å². The molecule has 1 aromatic carbocycles. The van der Waals surface area contributed by atoms with Gasteiger partial charge in [-0.15, -0.1) is 12.3 Å². The molecule has 0 amide bonds. The summed E-state index contributed by atoms with van der Waals surface area (Å²) in [6, 6.07) is 4.69. The minimum Gasteiger partial charge on any atom is -0.323 e. The fourth-order valence-electron chi connectivity index (χ4n) is 1.08. The van der Waals surface area contributed by atoms with Crippen molar-refractivity contribution in [2.24, 2.45) is 5.73 Å². The zero-order chi connectivity index (χ0) is 9.84. The van der Waals surface area contributed by atoms with Gasteiger partial charge in [0.1, 0.15) is 5.82 Å². The molecular weight excluding hydrogens is 165 g/mol. The zero-order valence-corrected chi connectivity index (χ0v) is 7.55. The highest BCUT2D eigenvalue weighted by molar-refractivity contribution is 5.26. The normalized spacial score (nSPS) is 12.2. The van der Waals surface area contributed by atoms with Crippen LogP contribution in [0, 0.1) is 25.1 Å². The Morgan fingerprint density at radius 1 is 1.62 bits per heavy atom. The summed E-state index contributed by atoms with van der Waals surface area (Å²) in [6.07, 6.45) is 5.54. The summed E-state index contributed by atoms with van der Waals surface area (Å²) in [4.78, 5) is 0. The molecule has 0 fully saturated rings. The van der Waals surface area contributed by atoms with E-state index in [0.29, 0.717) is 12.0 Å². The lowest BCUT2D eigenvalue weighted by Crippen LogP contribution is -2.09. The number of halogens is 1. The van der Waals surface area contributed by atoms with Gasteiger partial charge in [0.05, 0.1) is 0 Å². The first-order valence-corrected chi connectivity index (χ1v) is 4.10. The standard InChI is InChI=1S/C11H12FN/c1-3-4-11(13)9-6-5-8(2)10(12)7-9/h1,5-7,11H,4,13H2,2H3. The van der Waals surface area contributed by atoms with E-state index in [1.165, 1.54) is 6.07 Å². The van der Waals surface area contributed by atoms with Crippen molar-refractivity contribution in [2.45, 2.75) is 19.4 Å². The van der Waals surface area contributed by atoms with Crippen molar-refractivity contribution in [1.82, 2.24) is 0 Å². The Bertz CT molecular complexity index is 338. The third-order valence-corrected chi connectivity index (χ3v) is 1.96. The number of terminal acetylenes is 1. The molecule has 2 N–H and O–H groups in total. The van der Waals surface area contributed by atoms with E-state index in [-0.39, 0.29) is 11.9 Å². The van der Waals surface area contributed by atoms with E-state index >= 15 is 0 Å². The Kier molecular flexibility index (Phi) is 3.05. The third kappa shape index (κ3) is 2.30. The molecule has 0 bridgehead atoms. The van der Waals surface area contributed by atoms with Crippen LogP contribution in [-0.4, -0.2) is 0 Å². The fraction of sp³-hybridized carbons (Fsp3) is 0.273. The maximum Gasteiger partial charge on any atom is 0.126 e. The largest absolute Gasteiger partial charge is 0.323 e. The zero-order valence-electron chi connectivity index (χ0n) is 7.55. The average molecular weight is 177 g/mol. The second kappa shape index (κ2) is 4.06. The van der Waals surface area contributed by atoms with E-state index in [0.717, 1.165) is 5.56 Å². The number of hydrogen-bond acceptors (Lipinski definition) is 1. The second-order valence-corrected chi connectivity index (χ2v) is 3.02. The van der Waals surface area contributed by atoms with Crippen LogP contribution in [0.2, 0.25) is 0 Å². The molecule has 0 radical (unpaired) electrons. The van der Waals surface area contributed by atoms with Crippen molar-refractivity contribution >= 4 is 0 Å². The highest BCUT2D eigenvalue weighted by atomic mass is 19.1. The van der Waals surface area contributed by atoms with E-state index in [1.54, 1.807) is 19.1 Å². The number of rotatable bonds is 2. The first-order chi connectivity index (χ1) is 6.15. The molecule has 0 saturated carbocycles. The molecule has 0 spiro atoms. The predicted molar refractivity (Wildman–Crippen MR) is 51.5 cm³/mol. The maximum atomic E-state index is 13.1. The smallest absolute Gasteiger partial charge is 0.126 e. The Hall–Kier alpha value is -1.33. The van der Waals surface area contributed by atoms with Gasteiger partial charge in [0.2, 0.25) is 0 Å². The third-order valence-electron chi connectivity index (χ3n) is 1.96. The van der Waals surface area contributed by atoms with Crippen molar-refractivity contribution in [3.63, 3.8) is 0 Å². The van der Waals surface area contributed by atoms with E-state index < -0.39 is 0 Å². The van der Waals surface area contributed by atoms with Gasteiger partial charge in [-0.2, -0.15) is 0 Å². The topological polar surface area (TPSA) is 26.0 Å². The Balaban J connectivity index is 2.91. The van der Waals surface area contributed by atoms with Gasteiger partial charge in [-0.3, -0.25) is 0 Å². The van der Waals surface area contributed by atoms with Crippen LogP contribution in [0.3, 0.4) is 0 Å². The summed E-state index contributed by atoms with van der Waals surface area (Å²) in [7, 11) is 0. The van der Waals surface area contributed by atoms with Crippen LogP contribution in [0.15, 0.2) is 18.2 Å². The van der Waals surface area contributed by atoms with Crippen LogP contribution < -0.4 is 5.73 Å². The summed E-state index contributed by atoms with van der Waals surface area (Å²) in [5.74, 6) is 2.22. The van der Waals surface area contributed by atoms with Gasteiger partial charge >= 0.3 is 0 Å². The fourth-order valence-corrected chi connectivity index (χ4v) is 1.08. The van der Waals surface area contributed by atoms with Crippen LogP contribution in [-0.2, 0) is 0 Å². The summed E-state index contributed by atoms with van der Waals surface area (Å²) in [5, 5.41) is 0. The van der Waals surface area contributed by atoms with E-state index in [9.17, 15) is 4.39 Å².